The number of carboxylic acids is 1. The van der Waals surface area contributed by atoms with E-state index in [9.17, 15) is 4.79 Å². The Morgan fingerprint density at radius 3 is 2.78 bits per heavy atom. The van der Waals surface area contributed by atoms with Crippen molar-refractivity contribution in [3.8, 4) is 11.3 Å². The SMILES string of the molecule is Cc1cc(I)ccc1-c1ccc(/C=C/C(=O)O)o1. The molecule has 0 fully saturated rings. The highest BCUT2D eigenvalue weighted by Gasteiger charge is 2.06. The van der Waals surface area contributed by atoms with Crippen molar-refractivity contribution in [1.82, 2.24) is 0 Å². The molecule has 0 aliphatic rings. The van der Waals surface area contributed by atoms with Crippen LogP contribution in [0.1, 0.15) is 11.3 Å². The molecule has 0 aliphatic heterocycles. The first kappa shape index (κ1) is 12.9. The molecule has 2 aromatic rings. The second kappa shape index (κ2) is 5.39. The van der Waals surface area contributed by atoms with E-state index in [4.69, 9.17) is 9.52 Å². The van der Waals surface area contributed by atoms with E-state index in [1.54, 1.807) is 6.07 Å². The van der Waals surface area contributed by atoms with Gasteiger partial charge in [-0.3, -0.25) is 0 Å². The van der Waals surface area contributed by atoms with Crippen LogP contribution in [0, 0.1) is 10.5 Å². The van der Waals surface area contributed by atoms with E-state index in [1.807, 2.05) is 25.1 Å². The average Bonchev–Trinajstić information content (AvgIpc) is 2.75. The molecule has 18 heavy (non-hydrogen) atoms. The first-order chi connectivity index (χ1) is 8.56. The number of benzene rings is 1. The standard InChI is InChI=1S/C14H11IO3/c1-9-8-10(15)2-5-12(9)13-6-3-11(18-13)4-7-14(16)17/h2-8H,1H3,(H,16,17)/b7-4+. The molecule has 0 unspecified atom stereocenters. The third-order valence-corrected chi connectivity index (χ3v) is 3.14. The third-order valence-electron chi connectivity index (χ3n) is 2.47. The highest BCUT2D eigenvalue weighted by atomic mass is 127. The van der Waals surface area contributed by atoms with Crippen LogP contribution in [0.4, 0.5) is 0 Å². The number of rotatable bonds is 3. The molecule has 0 saturated heterocycles. The summed E-state index contributed by atoms with van der Waals surface area (Å²) in [6.07, 6.45) is 2.50. The van der Waals surface area contributed by atoms with Gasteiger partial charge in [0.15, 0.2) is 0 Å². The molecule has 0 amide bonds. The minimum atomic E-state index is -0.988. The van der Waals surface area contributed by atoms with E-state index in [-0.39, 0.29) is 0 Å². The lowest BCUT2D eigenvalue weighted by atomic mass is 10.1. The molecule has 0 saturated carbocycles. The van der Waals surface area contributed by atoms with Crippen molar-refractivity contribution in [1.29, 1.82) is 0 Å². The molecule has 2 rings (SSSR count). The fourth-order valence-corrected chi connectivity index (χ4v) is 2.29. The predicted molar refractivity (Wildman–Crippen MR) is 78.3 cm³/mol. The van der Waals surface area contributed by atoms with Crippen LogP contribution in [-0.4, -0.2) is 11.1 Å². The van der Waals surface area contributed by atoms with Gasteiger partial charge in [-0.2, -0.15) is 0 Å². The minimum Gasteiger partial charge on any atom is -0.478 e. The number of halogens is 1. The smallest absolute Gasteiger partial charge is 0.328 e. The van der Waals surface area contributed by atoms with Crippen molar-refractivity contribution in [3.05, 3.63) is 51.3 Å². The normalized spacial score (nSPS) is 11.0. The highest BCUT2D eigenvalue weighted by Crippen LogP contribution is 2.27. The Balaban J connectivity index is 2.32. The lowest BCUT2D eigenvalue weighted by Gasteiger charge is -2.02. The summed E-state index contributed by atoms with van der Waals surface area (Å²) >= 11 is 2.26. The van der Waals surface area contributed by atoms with Crippen molar-refractivity contribution in [2.45, 2.75) is 6.92 Å². The lowest BCUT2D eigenvalue weighted by Crippen LogP contribution is -1.84. The fourth-order valence-electron chi connectivity index (χ4n) is 1.64. The van der Waals surface area contributed by atoms with Gasteiger partial charge in [0.2, 0.25) is 0 Å². The summed E-state index contributed by atoms with van der Waals surface area (Å²) < 4.78 is 6.76. The number of furan rings is 1. The third kappa shape index (κ3) is 3.01. The molecule has 1 aromatic heterocycles. The highest BCUT2D eigenvalue weighted by molar-refractivity contribution is 14.1. The lowest BCUT2D eigenvalue weighted by molar-refractivity contribution is -0.131. The van der Waals surface area contributed by atoms with Gasteiger partial charge in [0.25, 0.3) is 0 Å². The van der Waals surface area contributed by atoms with Crippen LogP contribution in [0.25, 0.3) is 17.4 Å². The van der Waals surface area contributed by atoms with Crippen LogP contribution in [0.15, 0.2) is 40.8 Å². The van der Waals surface area contributed by atoms with Crippen LogP contribution in [0.3, 0.4) is 0 Å². The van der Waals surface area contributed by atoms with Gasteiger partial charge in [-0.15, -0.1) is 0 Å². The molecule has 0 spiro atoms. The Kier molecular flexibility index (Phi) is 3.86. The Hall–Kier alpha value is -1.56. The number of carbonyl (C=O) groups is 1. The van der Waals surface area contributed by atoms with Gasteiger partial charge in [0, 0.05) is 15.2 Å². The maximum Gasteiger partial charge on any atom is 0.328 e. The zero-order chi connectivity index (χ0) is 13.1. The number of hydrogen-bond donors (Lipinski definition) is 1. The van der Waals surface area contributed by atoms with E-state index < -0.39 is 5.97 Å². The first-order valence-corrected chi connectivity index (χ1v) is 6.41. The minimum absolute atomic E-state index is 0.533. The van der Waals surface area contributed by atoms with E-state index in [2.05, 4.69) is 28.7 Å². The van der Waals surface area contributed by atoms with Crippen LogP contribution >= 0.6 is 22.6 Å². The number of hydrogen-bond acceptors (Lipinski definition) is 2. The maximum absolute atomic E-state index is 10.4. The van der Waals surface area contributed by atoms with E-state index in [0.29, 0.717) is 5.76 Å². The van der Waals surface area contributed by atoms with E-state index >= 15 is 0 Å². The molecule has 0 bridgehead atoms. The topological polar surface area (TPSA) is 50.4 Å². The molecular weight excluding hydrogens is 343 g/mol. The van der Waals surface area contributed by atoms with Gasteiger partial charge in [-0.05, 0) is 71.5 Å². The quantitative estimate of drug-likeness (QED) is 0.671. The van der Waals surface area contributed by atoms with E-state index in [0.717, 1.165) is 23.0 Å². The molecule has 1 aromatic carbocycles. The molecule has 92 valence electrons. The van der Waals surface area contributed by atoms with Gasteiger partial charge in [0.05, 0.1) is 0 Å². The van der Waals surface area contributed by atoms with Crippen LogP contribution in [0.5, 0.6) is 0 Å². The Labute approximate surface area is 118 Å². The summed E-state index contributed by atoms with van der Waals surface area (Å²) in [6, 6.07) is 9.69. The monoisotopic (exact) mass is 354 g/mol. The molecule has 0 radical (unpaired) electrons. The van der Waals surface area contributed by atoms with Crippen molar-refractivity contribution in [2.75, 3.05) is 0 Å². The van der Waals surface area contributed by atoms with Gasteiger partial charge in [-0.1, -0.05) is 0 Å². The molecule has 4 heteroatoms. The summed E-state index contributed by atoms with van der Waals surface area (Å²) in [4.78, 5) is 10.4. The van der Waals surface area contributed by atoms with Gasteiger partial charge in [0.1, 0.15) is 11.5 Å². The molecule has 3 nitrogen and oxygen atoms in total. The van der Waals surface area contributed by atoms with Crippen LogP contribution in [0.2, 0.25) is 0 Å². The molecule has 1 N–H and O–H groups in total. The Bertz CT molecular complexity index is 611. The first-order valence-electron chi connectivity index (χ1n) is 5.33. The van der Waals surface area contributed by atoms with Crippen LogP contribution < -0.4 is 0 Å². The number of carboxylic acid groups (broad SMARTS) is 1. The van der Waals surface area contributed by atoms with Crippen molar-refractivity contribution in [2.24, 2.45) is 0 Å². The zero-order valence-electron chi connectivity index (χ0n) is 9.68. The molecule has 0 aliphatic carbocycles. The summed E-state index contributed by atoms with van der Waals surface area (Å²) in [6.45, 7) is 2.02. The second-order valence-corrected chi connectivity index (χ2v) is 5.08. The second-order valence-electron chi connectivity index (χ2n) is 3.83. The molecule has 0 atom stereocenters. The summed E-state index contributed by atoms with van der Waals surface area (Å²) in [5, 5.41) is 8.54. The zero-order valence-corrected chi connectivity index (χ0v) is 11.8. The van der Waals surface area contributed by atoms with Crippen molar-refractivity contribution in [3.63, 3.8) is 0 Å². The predicted octanol–water partition coefficient (Wildman–Crippen LogP) is 3.96. The molecule has 1 heterocycles. The van der Waals surface area contributed by atoms with Crippen LogP contribution in [-0.2, 0) is 4.79 Å². The number of aryl methyl sites for hydroxylation is 1. The van der Waals surface area contributed by atoms with Gasteiger partial charge in [-0.25, -0.2) is 4.79 Å². The molecular formula is C14H11IO3. The summed E-state index contributed by atoms with van der Waals surface area (Å²) in [5.74, 6) is 0.290. The van der Waals surface area contributed by atoms with Crippen molar-refractivity contribution < 1.29 is 14.3 Å². The number of aliphatic carboxylic acids is 1. The Morgan fingerprint density at radius 1 is 1.33 bits per heavy atom. The van der Waals surface area contributed by atoms with Gasteiger partial charge >= 0.3 is 5.97 Å². The van der Waals surface area contributed by atoms with Gasteiger partial charge < -0.3 is 9.52 Å². The van der Waals surface area contributed by atoms with Crippen molar-refractivity contribution >= 4 is 34.6 Å². The van der Waals surface area contributed by atoms with E-state index in [1.165, 1.54) is 9.65 Å². The summed E-state index contributed by atoms with van der Waals surface area (Å²) in [7, 11) is 0. The maximum atomic E-state index is 10.4. The summed E-state index contributed by atoms with van der Waals surface area (Å²) in [5.41, 5.74) is 2.15. The Morgan fingerprint density at radius 2 is 2.11 bits per heavy atom. The average molecular weight is 354 g/mol. The fraction of sp³-hybridized carbons (Fsp3) is 0.0714. The largest absolute Gasteiger partial charge is 0.478 e.